The monoisotopic (exact) mass is 202 g/mol. The molecule has 0 saturated carbocycles. The van der Waals surface area contributed by atoms with E-state index in [2.05, 4.69) is 52.0 Å². The average molecular weight is 202 g/mol. The number of hydrogen-bond donors (Lipinski definition) is 1. The van der Waals surface area contributed by atoms with Crippen LogP contribution in [0.5, 0.6) is 0 Å². The molecular formula is C11H26N2O. The molecule has 0 heterocycles. The molecule has 86 valence electrons. The van der Waals surface area contributed by atoms with Crippen LogP contribution in [-0.2, 0) is 4.74 Å². The fourth-order valence-corrected chi connectivity index (χ4v) is 0.945. The Hall–Kier alpha value is -0.120. The maximum absolute atomic E-state index is 5.64. The van der Waals surface area contributed by atoms with Crippen molar-refractivity contribution in [3.8, 4) is 0 Å². The third kappa shape index (κ3) is 9.96. The first-order chi connectivity index (χ1) is 6.31. The van der Waals surface area contributed by atoms with Crippen LogP contribution in [0.25, 0.3) is 0 Å². The van der Waals surface area contributed by atoms with Gasteiger partial charge in [0.25, 0.3) is 0 Å². The van der Waals surface area contributed by atoms with E-state index in [1.807, 2.05) is 0 Å². The standard InChI is InChI=1S/C11H26N2O/c1-10(9-12-11(2,3)4)14-8-7-13(5)6/h10,12H,7-9H2,1-6H3. The van der Waals surface area contributed by atoms with Crippen LogP contribution in [0.1, 0.15) is 27.7 Å². The summed E-state index contributed by atoms with van der Waals surface area (Å²) in [6.45, 7) is 11.3. The van der Waals surface area contributed by atoms with Gasteiger partial charge in [0, 0.05) is 18.6 Å². The predicted octanol–water partition coefficient (Wildman–Crippen LogP) is 1.34. The minimum absolute atomic E-state index is 0.180. The van der Waals surface area contributed by atoms with E-state index < -0.39 is 0 Å². The van der Waals surface area contributed by atoms with E-state index in [0.29, 0.717) is 0 Å². The SMILES string of the molecule is CC(CNC(C)(C)C)OCCN(C)C. The zero-order valence-electron chi connectivity index (χ0n) is 10.6. The van der Waals surface area contributed by atoms with Gasteiger partial charge in [0.05, 0.1) is 12.7 Å². The molecule has 0 radical (unpaired) electrons. The average Bonchev–Trinajstić information content (AvgIpc) is 1.99. The first-order valence-electron chi connectivity index (χ1n) is 5.32. The summed E-state index contributed by atoms with van der Waals surface area (Å²) in [6.07, 6.45) is 0.286. The molecule has 0 spiro atoms. The highest BCUT2D eigenvalue weighted by Gasteiger charge is 2.10. The van der Waals surface area contributed by atoms with Crippen molar-refractivity contribution in [3.05, 3.63) is 0 Å². The van der Waals surface area contributed by atoms with E-state index >= 15 is 0 Å². The summed E-state index contributed by atoms with van der Waals surface area (Å²) in [5, 5.41) is 3.42. The van der Waals surface area contributed by atoms with Crippen molar-refractivity contribution < 1.29 is 4.74 Å². The van der Waals surface area contributed by atoms with Crippen molar-refractivity contribution in [3.63, 3.8) is 0 Å². The van der Waals surface area contributed by atoms with Gasteiger partial charge >= 0.3 is 0 Å². The molecule has 0 aliphatic carbocycles. The molecule has 3 nitrogen and oxygen atoms in total. The molecule has 0 fully saturated rings. The number of likely N-dealkylation sites (N-methyl/N-ethyl adjacent to an activating group) is 1. The minimum Gasteiger partial charge on any atom is -0.376 e. The van der Waals surface area contributed by atoms with Crippen molar-refractivity contribution in [1.29, 1.82) is 0 Å². The van der Waals surface area contributed by atoms with Crippen LogP contribution in [0, 0.1) is 0 Å². The number of hydrogen-bond acceptors (Lipinski definition) is 3. The van der Waals surface area contributed by atoms with Gasteiger partial charge in [0.15, 0.2) is 0 Å². The lowest BCUT2D eigenvalue weighted by Crippen LogP contribution is -2.41. The molecule has 1 unspecified atom stereocenters. The Morgan fingerprint density at radius 2 is 1.86 bits per heavy atom. The normalized spacial score (nSPS) is 14.8. The van der Waals surface area contributed by atoms with Gasteiger partial charge in [0.1, 0.15) is 0 Å². The number of rotatable bonds is 6. The van der Waals surface area contributed by atoms with Crippen molar-refractivity contribution in [1.82, 2.24) is 10.2 Å². The number of nitrogens with zero attached hydrogens (tertiary/aromatic N) is 1. The van der Waals surface area contributed by atoms with Gasteiger partial charge in [-0.05, 0) is 41.8 Å². The maximum atomic E-state index is 5.64. The molecule has 1 atom stereocenters. The van der Waals surface area contributed by atoms with E-state index in [4.69, 9.17) is 4.74 Å². The van der Waals surface area contributed by atoms with E-state index in [1.165, 1.54) is 0 Å². The molecule has 14 heavy (non-hydrogen) atoms. The molecule has 3 heteroatoms. The number of ether oxygens (including phenoxy) is 1. The molecule has 0 amide bonds. The van der Waals surface area contributed by atoms with Crippen LogP contribution < -0.4 is 5.32 Å². The summed E-state index contributed by atoms with van der Waals surface area (Å²) in [4.78, 5) is 2.13. The van der Waals surface area contributed by atoms with Gasteiger partial charge in [-0.25, -0.2) is 0 Å². The topological polar surface area (TPSA) is 24.5 Å². The van der Waals surface area contributed by atoms with Crippen LogP contribution in [0.3, 0.4) is 0 Å². The van der Waals surface area contributed by atoms with Gasteiger partial charge in [-0.15, -0.1) is 0 Å². The van der Waals surface area contributed by atoms with Gasteiger partial charge in [0.2, 0.25) is 0 Å². The van der Waals surface area contributed by atoms with Crippen LogP contribution >= 0.6 is 0 Å². The second kappa shape index (κ2) is 6.38. The van der Waals surface area contributed by atoms with Crippen LogP contribution in [0.2, 0.25) is 0 Å². The van der Waals surface area contributed by atoms with Crippen molar-refractivity contribution in [2.24, 2.45) is 0 Å². The summed E-state index contributed by atoms with van der Waals surface area (Å²) < 4.78 is 5.64. The lowest BCUT2D eigenvalue weighted by atomic mass is 10.1. The molecule has 0 aromatic carbocycles. The van der Waals surface area contributed by atoms with Crippen molar-refractivity contribution >= 4 is 0 Å². The lowest BCUT2D eigenvalue weighted by molar-refractivity contribution is 0.0522. The fourth-order valence-electron chi connectivity index (χ4n) is 0.945. The van der Waals surface area contributed by atoms with Crippen molar-refractivity contribution in [2.45, 2.75) is 39.3 Å². The first kappa shape index (κ1) is 13.9. The van der Waals surface area contributed by atoms with Crippen LogP contribution in [0.15, 0.2) is 0 Å². The Bertz CT molecular complexity index is 141. The summed E-state index contributed by atoms with van der Waals surface area (Å²) >= 11 is 0. The molecule has 0 rings (SSSR count). The highest BCUT2D eigenvalue weighted by atomic mass is 16.5. The summed E-state index contributed by atoms with van der Waals surface area (Å²) in [7, 11) is 4.11. The molecule has 1 N–H and O–H groups in total. The molecule has 0 bridgehead atoms. The largest absolute Gasteiger partial charge is 0.376 e. The lowest BCUT2D eigenvalue weighted by Gasteiger charge is -2.24. The fraction of sp³-hybridized carbons (Fsp3) is 1.00. The summed E-state index contributed by atoms with van der Waals surface area (Å²) in [5.74, 6) is 0. The van der Waals surface area contributed by atoms with E-state index in [-0.39, 0.29) is 11.6 Å². The minimum atomic E-state index is 0.180. The summed E-state index contributed by atoms with van der Waals surface area (Å²) in [6, 6.07) is 0. The van der Waals surface area contributed by atoms with Gasteiger partial charge in [-0.2, -0.15) is 0 Å². The predicted molar refractivity (Wildman–Crippen MR) is 61.7 cm³/mol. The van der Waals surface area contributed by atoms with Gasteiger partial charge in [-0.3, -0.25) is 0 Å². The first-order valence-corrected chi connectivity index (χ1v) is 5.32. The molecule has 0 aromatic heterocycles. The van der Waals surface area contributed by atoms with E-state index in [9.17, 15) is 0 Å². The third-order valence-corrected chi connectivity index (χ3v) is 1.86. The Morgan fingerprint density at radius 3 is 2.29 bits per heavy atom. The summed E-state index contributed by atoms with van der Waals surface area (Å²) in [5.41, 5.74) is 0.180. The van der Waals surface area contributed by atoms with E-state index in [1.54, 1.807) is 0 Å². The molecule has 0 aliphatic heterocycles. The maximum Gasteiger partial charge on any atom is 0.0672 e. The number of nitrogens with one attached hydrogen (secondary N) is 1. The van der Waals surface area contributed by atoms with Crippen LogP contribution in [-0.4, -0.2) is 50.3 Å². The Kier molecular flexibility index (Phi) is 6.33. The zero-order valence-corrected chi connectivity index (χ0v) is 10.6. The van der Waals surface area contributed by atoms with Gasteiger partial charge < -0.3 is 15.0 Å². The quantitative estimate of drug-likeness (QED) is 0.703. The zero-order chi connectivity index (χ0) is 11.2. The van der Waals surface area contributed by atoms with Crippen LogP contribution in [0.4, 0.5) is 0 Å². The molecule has 0 aliphatic rings. The molecule has 0 saturated heterocycles. The Morgan fingerprint density at radius 1 is 1.29 bits per heavy atom. The Balaban J connectivity index is 3.42. The van der Waals surface area contributed by atoms with Crippen molar-refractivity contribution in [2.75, 3.05) is 33.8 Å². The third-order valence-electron chi connectivity index (χ3n) is 1.86. The molecular weight excluding hydrogens is 176 g/mol. The second-order valence-electron chi connectivity index (χ2n) is 5.12. The Labute approximate surface area is 88.8 Å². The van der Waals surface area contributed by atoms with Gasteiger partial charge in [-0.1, -0.05) is 0 Å². The molecule has 0 aromatic rings. The van der Waals surface area contributed by atoms with E-state index in [0.717, 1.165) is 19.7 Å². The smallest absolute Gasteiger partial charge is 0.0672 e. The highest BCUT2D eigenvalue weighted by Crippen LogP contribution is 1.99. The second-order valence-corrected chi connectivity index (χ2v) is 5.12. The highest BCUT2D eigenvalue weighted by molar-refractivity contribution is 4.71.